The van der Waals surface area contributed by atoms with Gasteiger partial charge in [0.1, 0.15) is 5.69 Å². The van der Waals surface area contributed by atoms with Crippen molar-refractivity contribution in [3.63, 3.8) is 0 Å². The Bertz CT molecular complexity index is 462. The van der Waals surface area contributed by atoms with Gasteiger partial charge >= 0.3 is 0 Å². The summed E-state index contributed by atoms with van der Waals surface area (Å²) in [5, 5.41) is 7.55. The minimum atomic E-state index is 0.341. The molecule has 0 unspecified atom stereocenters. The zero-order valence-electron chi connectivity index (χ0n) is 7.71. The van der Waals surface area contributed by atoms with E-state index in [4.69, 9.17) is 0 Å². The Morgan fingerprint density at radius 1 is 1.36 bits per heavy atom. The van der Waals surface area contributed by atoms with Crippen molar-refractivity contribution in [2.75, 3.05) is 0 Å². The summed E-state index contributed by atoms with van der Waals surface area (Å²) in [7, 11) is 0. The van der Waals surface area contributed by atoms with Gasteiger partial charge in [-0.05, 0) is 18.6 Å². The van der Waals surface area contributed by atoms with Crippen molar-refractivity contribution in [3.8, 4) is 5.69 Å². The number of para-hydroxylation sites is 1. The second-order valence-electron chi connectivity index (χ2n) is 2.99. The fraction of sp³-hybridized carbons (Fsp3) is 0.100. The number of hydrogen-bond acceptors (Lipinski definition) is 3. The Morgan fingerprint density at radius 2 is 2.14 bits per heavy atom. The van der Waals surface area contributed by atoms with Crippen LogP contribution in [-0.4, -0.2) is 21.3 Å². The first kappa shape index (κ1) is 8.62. The van der Waals surface area contributed by atoms with Crippen LogP contribution in [0, 0.1) is 6.92 Å². The number of aromatic nitrogens is 3. The van der Waals surface area contributed by atoms with Crippen molar-refractivity contribution >= 4 is 6.29 Å². The lowest BCUT2D eigenvalue weighted by Crippen LogP contribution is -1.97. The predicted molar refractivity (Wildman–Crippen MR) is 51.5 cm³/mol. The van der Waals surface area contributed by atoms with Crippen molar-refractivity contribution in [1.82, 2.24) is 15.0 Å². The predicted octanol–water partition coefficient (Wildman–Crippen LogP) is 1.39. The Balaban J connectivity index is 2.49. The number of hydrogen-bond donors (Lipinski definition) is 0. The highest BCUT2D eigenvalue weighted by molar-refractivity contribution is 5.70. The molecule has 0 bridgehead atoms. The Hall–Kier alpha value is -1.97. The molecule has 4 nitrogen and oxygen atoms in total. The molecule has 0 aliphatic carbocycles. The van der Waals surface area contributed by atoms with Crippen LogP contribution in [0.4, 0.5) is 0 Å². The molecule has 1 aromatic carbocycles. The van der Waals surface area contributed by atoms with E-state index in [0.29, 0.717) is 12.0 Å². The Labute approximate surface area is 81.2 Å². The smallest absolute Gasteiger partial charge is 0.171 e. The van der Waals surface area contributed by atoms with Crippen LogP contribution >= 0.6 is 0 Å². The van der Waals surface area contributed by atoms with Crippen LogP contribution in [0.1, 0.15) is 16.1 Å². The van der Waals surface area contributed by atoms with Crippen molar-refractivity contribution in [2.24, 2.45) is 0 Å². The molecule has 2 rings (SSSR count). The van der Waals surface area contributed by atoms with Crippen molar-refractivity contribution in [2.45, 2.75) is 6.92 Å². The van der Waals surface area contributed by atoms with Gasteiger partial charge in [-0.1, -0.05) is 23.4 Å². The van der Waals surface area contributed by atoms with Crippen molar-refractivity contribution in [3.05, 3.63) is 41.7 Å². The quantitative estimate of drug-likeness (QED) is 0.667. The van der Waals surface area contributed by atoms with E-state index in [-0.39, 0.29) is 0 Å². The Morgan fingerprint density at radius 3 is 2.79 bits per heavy atom. The molecule has 1 heterocycles. The average Bonchev–Trinajstić information content (AvgIpc) is 2.67. The summed E-state index contributed by atoms with van der Waals surface area (Å²) in [6, 6.07) is 7.79. The number of rotatable bonds is 2. The van der Waals surface area contributed by atoms with Crippen LogP contribution in [0.2, 0.25) is 0 Å². The lowest BCUT2D eigenvalue weighted by molar-refractivity contribution is 0.111. The normalized spacial score (nSPS) is 10.1. The van der Waals surface area contributed by atoms with Crippen molar-refractivity contribution in [1.29, 1.82) is 0 Å². The minimum absolute atomic E-state index is 0.341. The molecule has 0 N–H and O–H groups in total. The van der Waals surface area contributed by atoms with Gasteiger partial charge in [0.05, 0.1) is 11.9 Å². The minimum Gasteiger partial charge on any atom is -0.296 e. The first-order valence-electron chi connectivity index (χ1n) is 4.25. The molecule has 1 aromatic heterocycles. The molecule has 0 saturated heterocycles. The monoisotopic (exact) mass is 187 g/mol. The molecule has 0 atom stereocenters. The summed E-state index contributed by atoms with van der Waals surface area (Å²) in [6.07, 6.45) is 2.29. The molecule has 0 spiro atoms. The van der Waals surface area contributed by atoms with Crippen molar-refractivity contribution < 1.29 is 4.79 Å². The van der Waals surface area contributed by atoms with Gasteiger partial charge in [0.2, 0.25) is 0 Å². The van der Waals surface area contributed by atoms with Gasteiger partial charge in [-0.15, -0.1) is 5.10 Å². The van der Waals surface area contributed by atoms with Gasteiger partial charge < -0.3 is 0 Å². The summed E-state index contributed by atoms with van der Waals surface area (Å²) < 4.78 is 1.60. The largest absolute Gasteiger partial charge is 0.296 e. The van der Waals surface area contributed by atoms with Crippen LogP contribution in [0.15, 0.2) is 30.5 Å². The van der Waals surface area contributed by atoms with Crippen LogP contribution in [-0.2, 0) is 0 Å². The molecular formula is C10H9N3O. The summed E-state index contributed by atoms with van der Waals surface area (Å²) in [5.41, 5.74) is 2.37. The maximum absolute atomic E-state index is 10.4. The van der Waals surface area contributed by atoms with Crippen LogP contribution < -0.4 is 0 Å². The highest BCUT2D eigenvalue weighted by Crippen LogP contribution is 2.11. The Kier molecular flexibility index (Phi) is 2.10. The second-order valence-corrected chi connectivity index (χ2v) is 2.99. The van der Waals surface area contributed by atoms with E-state index < -0.39 is 0 Å². The fourth-order valence-electron chi connectivity index (χ4n) is 1.27. The van der Waals surface area contributed by atoms with Gasteiger partial charge in [0.15, 0.2) is 6.29 Å². The van der Waals surface area contributed by atoms with E-state index in [0.717, 1.165) is 11.3 Å². The van der Waals surface area contributed by atoms with Gasteiger partial charge in [0, 0.05) is 0 Å². The third-order valence-electron chi connectivity index (χ3n) is 1.99. The molecule has 70 valence electrons. The number of aryl methyl sites for hydroxylation is 1. The molecule has 0 radical (unpaired) electrons. The number of carbonyl (C=O) groups is 1. The summed E-state index contributed by atoms with van der Waals surface area (Å²) in [5.74, 6) is 0. The molecule has 0 aliphatic heterocycles. The van der Waals surface area contributed by atoms with Gasteiger partial charge in [0.25, 0.3) is 0 Å². The lowest BCUT2D eigenvalue weighted by atomic mass is 10.2. The topological polar surface area (TPSA) is 47.8 Å². The first-order valence-corrected chi connectivity index (χ1v) is 4.25. The highest BCUT2D eigenvalue weighted by Gasteiger charge is 2.02. The molecule has 0 amide bonds. The number of carbonyl (C=O) groups excluding carboxylic acids is 1. The second kappa shape index (κ2) is 3.41. The fourth-order valence-corrected chi connectivity index (χ4v) is 1.27. The molecule has 2 aromatic rings. The van der Waals surface area contributed by atoms with Gasteiger partial charge in [-0.2, -0.15) is 0 Å². The maximum atomic E-state index is 10.4. The lowest BCUT2D eigenvalue weighted by Gasteiger charge is -2.02. The number of benzene rings is 1. The third-order valence-corrected chi connectivity index (χ3v) is 1.99. The van der Waals surface area contributed by atoms with E-state index in [1.165, 1.54) is 0 Å². The number of nitrogens with zero attached hydrogens (tertiary/aromatic N) is 3. The first-order chi connectivity index (χ1) is 6.81. The highest BCUT2D eigenvalue weighted by atomic mass is 16.1. The van der Waals surface area contributed by atoms with Gasteiger partial charge in [-0.3, -0.25) is 4.79 Å². The molecule has 4 heteroatoms. The van der Waals surface area contributed by atoms with E-state index in [9.17, 15) is 4.79 Å². The SMILES string of the molecule is Cc1ccccc1-n1cc(C=O)nn1. The zero-order chi connectivity index (χ0) is 9.97. The van der Waals surface area contributed by atoms with E-state index in [1.54, 1.807) is 10.9 Å². The molecule has 0 fully saturated rings. The molecule has 14 heavy (non-hydrogen) atoms. The molecule has 0 aliphatic rings. The third kappa shape index (κ3) is 1.42. The summed E-state index contributed by atoms with van der Waals surface area (Å²) in [4.78, 5) is 10.4. The van der Waals surface area contributed by atoms with Crippen LogP contribution in [0.3, 0.4) is 0 Å². The summed E-state index contributed by atoms with van der Waals surface area (Å²) in [6.45, 7) is 1.98. The van der Waals surface area contributed by atoms with E-state index >= 15 is 0 Å². The number of aldehydes is 1. The average molecular weight is 187 g/mol. The van der Waals surface area contributed by atoms with Crippen LogP contribution in [0.25, 0.3) is 5.69 Å². The van der Waals surface area contributed by atoms with E-state index in [1.807, 2.05) is 31.2 Å². The summed E-state index contributed by atoms with van der Waals surface area (Å²) >= 11 is 0. The molecular weight excluding hydrogens is 178 g/mol. The standard InChI is InChI=1S/C10H9N3O/c1-8-4-2-3-5-10(8)13-6-9(7-14)11-12-13/h2-7H,1H3. The van der Waals surface area contributed by atoms with Gasteiger partial charge in [-0.25, -0.2) is 4.68 Å². The van der Waals surface area contributed by atoms with Crippen LogP contribution in [0.5, 0.6) is 0 Å². The maximum Gasteiger partial charge on any atom is 0.171 e. The molecule has 0 saturated carbocycles. The zero-order valence-corrected chi connectivity index (χ0v) is 7.71. The van der Waals surface area contributed by atoms with E-state index in [2.05, 4.69) is 10.3 Å².